The molecule has 0 spiro atoms. The third-order valence-corrected chi connectivity index (χ3v) is 1.36. The third kappa shape index (κ3) is 2.59. The van der Waals surface area contributed by atoms with E-state index in [-0.39, 0.29) is 11.5 Å². The van der Waals surface area contributed by atoms with Gasteiger partial charge in [-0.05, 0) is 18.2 Å². The normalized spacial score (nSPS) is 10.5. The van der Waals surface area contributed by atoms with E-state index in [0.717, 1.165) is 6.08 Å². The number of Topliss-reactive ketones (excluding diaryl/α,β-unsaturated/α-hetero) is 1. The maximum absolute atomic E-state index is 10.8. The van der Waals surface area contributed by atoms with Crippen molar-refractivity contribution >= 4 is 17.8 Å². The van der Waals surface area contributed by atoms with Crippen molar-refractivity contribution < 1.29 is 19.1 Å². The molecule has 1 aromatic heterocycles. The maximum atomic E-state index is 10.8. The van der Waals surface area contributed by atoms with Crippen LogP contribution in [0.25, 0.3) is 6.08 Å². The van der Waals surface area contributed by atoms with E-state index >= 15 is 0 Å². The molecule has 0 saturated heterocycles. The van der Waals surface area contributed by atoms with Crippen LogP contribution in [0.15, 0.2) is 22.6 Å². The first-order valence-electron chi connectivity index (χ1n) is 3.61. The minimum atomic E-state index is -1.05. The Labute approximate surface area is 74.5 Å². The lowest BCUT2D eigenvalue weighted by atomic mass is 10.3. The first kappa shape index (κ1) is 9.25. The summed E-state index contributed by atoms with van der Waals surface area (Å²) in [5.74, 6) is -0.659. The molecule has 4 nitrogen and oxygen atoms in total. The number of hydrogen-bond acceptors (Lipinski definition) is 3. The summed E-state index contributed by atoms with van der Waals surface area (Å²) >= 11 is 0. The summed E-state index contributed by atoms with van der Waals surface area (Å²) in [6.07, 6.45) is 2.23. The average molecular weight is 180 g/mol. The molecule has 4 heteroatoms. The molecule has 0 aliphatic carbocycles. The topological polar surface area (TPSA) is 67.5 Å². The summed E-state index contributed by atoms with van der Waals surface area (Å²) in [6.45, 7) is 1.38. The Morgan fingerprint density at radius 1 is 1.46 bits per heavy atom. The molecule has 0 amide bonds. The number of ketones is 1. The van der Waals surface area contributed by atoms with Gasteiger partial charge >= 0.3 is 5.97 Å². The van der Waals surface area contributed by atoms with Crippen molar-refractivity contribution in [3.05, 3.63) is 29.7 Å². The predicted molar refractivity (Wildman–Crippen MR) is 45.4 cm³/mol. The zero-order valence-electron chi connectivity index (χ0n) is 6.98. The van der Waals surface area contributed by atoms with E-state index in [0.29, 0.717) is 5.76 Å². The SMILES string of the molecule is CC(=O)c1ccc(/C=C/C(=O)O)o1. The zero-order chi connectivity index (χ0) is 9.84. The largest absolute Gasteiger partial charge is 0.478 e. The van der Waals surface area contributed by atoms with Gasteiger partial charge in [-0.1, -0.05) is 0 Å². The van der Waals surface area contributed by atoms with Crippen molar-refractivity contribution in [2.75, 3.05) is 0 Å². The fourth-order valence-corrected chi connectivity index (χ4v) is 0.785. The van der Waals surface area contributed by atoms with Crippen molar-refractivity contribution in [3.8, 4) is 0 Å². The van der Waals surface area contributed by atoms with E-state index in [9.17, 15) is 9.59 Å². The van der Waals surface area contributed by atoms with Gasteiger partial charge in [0.1, 0.15) is 5.76 Å². The van der Waals surface area contributed by atoms with Crippen LogP contribution in [0.4, 0.5) is 0 Å². The Balaban J connectivity index is 2.80. The van der Waals surface area contributed by atoms with Crippen LogP contribution in [0.1, 0.15) is 23.2 Å². The molecular weight excluding hydrogens is 172 g/mol. The molecule has 0 aromatic carbocycles. The van der Waals surface area contributed by atoms with Crippen LogP contribution in [0.2, 0.25) is 0 Å². The summed E-state index contributed by atoms with van der Waals surface area (Å²) in [6, 6.07) is 3.04. The van der Waals surface area contributed by atoms with Gasteiger partial charge in [-0.3, -0.25) is 4.79 Å². The maximum Gasteiger partial charge on any atom is 0.328 e. The van der Waals surface area contributed by atoms with Crippen LogP contribution in [-0.4, -0.2) is 16.9 Å². The van der Waals surface area contributed by atoms with E-state index in [1.807, 2.05) is 0 Å². The second kappa shape index (κ2) is 3.71. The van der Waals surface area contributed by atoms with E-state index in [1.165, 1.54) is 25.1 Å². The number of aliphatic carboxylic acids is 1. The quantitative estimate of drug-likeness (QED) is 0.566. The van der Waals surface area contributed by atoms with Gasteiger partial charge in [0.15, 0.2) is 11.5 Å². The highest BCUT2D eigenvalue weighted by Crippen LogP contribution is 2.09. The third-order valence-electron chi connectivity index (χ3n) is 1.36. The second-order valence-corrected chi connectivity index (χ2v) is 2.43. The van der Waals surface area contributed by atoms with Crippen molar-refractivity contribution in [1.29, 1.82) is 0 Å². The van der Waals surface area contributed by atoms with Crippen LogP contribution >= 0.6 is 0 Å². The van der Waals surface area contributed by atoms with Crippen LogP contribution in [-0.2, 0) is 4.79 Å². The Bertz CT molecular complexity index is 359. The highest BCUT2D eigenvalue weighted by molar-refractivity contribution is 5.91. The summed E-state index contributed by atoms with van der Waals surface area (Å²) in [4.78, 5) is 20.9. The molecule has 1 rings (SSSR count). The van der Waals surface area contributed by atoms with E-state index < -0.39 is 5.97 Å². The molecule has 1 heterocycles. The average Bonchev–Trinajstić information content (AvgIpc) is 2.48. The van der Waals surface area contributed by atoms with Gasteiger partial charge in [0.25, 0.3) is 0 Å². The zero-order valence-corrected chi connectivity index (χ0v) is 6.98. The number of carbonyl (C=O) groups excluding carboxylic acids is 1. The first-order chi connectivity index (χ1) is 6.09. The second-order valence-electron chi connectivity index (χ2n) is 2.43. The fraction of sp³-hybridized carbons (Fsp3) is 0.111. The van der Waals surface area contributed by atoms with Crippen molar-refractivity contribution in [3.63, 3.8) is 0 Å². The number of rotatable bonds is 3. The molecule has 0 fully saturated rings. The van der Waals surface area contributed by atoms with Crippen LogP contribution in [0.3, 0.4) is 0 Å². The van der Waals surface area contributed by atoms with Crippen LogP contribution < -0.4 is 0 Å². The predicted octanol–water partition coefficient (Wildman–Crippen LogP) is 1.58. The van der Waals surface area contributed by atoms with Crippen molar-refractivity contribution in [2.45, 2.75) is 6.92 Å². The number of carbonyl (C=O) groups is 2. The van der Waals surface area contributed by atoms with Gasteiger partial charge in [0.2, 0.25) is 0 Å². The Kier molecular flexibility index (Phi) is 2.64. The lowest BCUT2D eigenvalue weighted by molar-refractivity contribution is -0.131. The monoisotopic (exact) mass is 180 g/mol. The molecule has 0 unspecified atom stereocenters. The van der Waals surface area contributed by atoms with Gasteiger partial charge < -0.3 is 9.52 Å². The molecule has 0 atom stereocenters. The molecule has 0 bridgehead atoms. The van der Waals surface area contributed by atoms with Gasteiger partial charge in [0.05, 0.1) is 0 Å². The molecule has 0 aliphatic heterocycles. The van der Waals surface area contributed by atoms with E-state index in [4.69, 9.17) is 9.52 Å². The summed E-state index contributed by atoms with van der Waals surface area (Å²) in [7, 11) is 0. The van der Waals surface area contributed by atoms with Gasteiger partial charge in [-0.25, -0.2) is 4.79 Å². The highest BCUT2D eigenvalue weighted by Gasteiger charge is 2.03. The molecule has 0 radical (unpaired) electrons. The molecule has 68 valence electrons. The molecule has 13 heavy (non-hydrogen) atoms. The van der Waals surface area contributed by atoms with Gasteiger partial charge in [-0.2, -0.15) is 0 Å². The summed E-state index contributed by atoms with van der Waals surface area (Å²) in [5.41, 5.74) is 0. The Hall–Kier alpha value is -1.84. The van der Waals surface area contributed by atoms with Gasteiger partial charge in [-0.15, -0.1) is 0 Å². The summed E-state index contributed by atoms with van der Waals surface area (Å²) < 4.78 is 5.00. The van der Waals surface area contributed by atoms with E-state index in [2.05, 4.69) is 0 Å². The van der Waals surface area contributed by atoms with Gasteiger partial charge in [0, 0.05) is 13.0 Å². The molecule has 1 N–H and O–H groups in total. The summed E-state index contributed by atoms with van der Waals surface area (Å²) in [5, 5.41) is 8.30. The highest BCUT2D eigenvalue weighted by atomic mass is 16.4. The number of furan rings is 1. The molecule has 0 saturated carbocycles. The first-order valence-corrected chi connectivity index (χ1v) is 3.61. The standard InChI is InChI=1S/C9H8O4/c1-6(10)8-4-2-7(13-8)3-5-9(11)12/h2-5H,1H3,(H,11,12)/b5-3+. The molecule has 0 aliphatic rings. The Morgan fingerprint density at radius 2 is 2.15 bits per heavy atom. The fourth-order valence-electron chi connectivity index (χ4n) is 0.785. The van der Waals surface area contributed by atoms with Crippen molar-refractivity contribution in [2.24, 2.45) is 0 Å². The lowest BCUT2D eigenvalue weighted by Crippen LogP contribution is -1.86. The molecule has 1 aromatic rings. The Morgan fingerprint density at radius 3 is 2.62 bits per heavy atom. The number of carboxylic acids is 1. The molecular formula is C9H8O4. The minimum Gasteiger partial charge on any atom is -0.478 e. The number of hydrogen-bond donors (Lipinski definition) is 1. The van der Waals surface area contributed by atoms with Crippen LogP contribution in [0.5, 0.6) is 0 Å². The van der Waals surface area contributed by atoms with Crippen molar-refractivity contribution in [1.82, 2.24) is 0 Å². The smallest absolute Gasteiger partial charge is 0.328 e. The van der Waals surface area contributed by atoms with Crippen LogP contribution in [0, 0.1) is 0 Å². The lowest BCUT2D eigenvalue weighted by Gasteiger charge is -1.85. The van der Waals surface area contributed by atoms with E-state index in [1.54, 1.807) is 0 Å². The number of carboxylic acid groups (broad SMARTS) is 1. The minimum absolute atomic E-state index is 0.185.